The molecule has 0 amide bonds. The number of fused-ring (bicyclic) bond motifs is 13. The van der Waals surface area contributed by atoms with E-state index in [2.05, 4.69) is 197 Å². The van der Waals surface area contributed by atoms with Crippen molar-refractivity contribution in [2.75, 3.05) is 9.80 Å². The van der Waals surface area contributed by atoms with Gasteiger partial charge in [-0.3, -0.25) is 0 Å². The van der Waals surface area contributed by atoms with Gasteiger partial charge in [-0.2, -0.15) is 0 Å². The Balaban J connectivity index is 1.11. The van der Waals surface area contributed by atoms with Gasteiger partial charge in [-0.1, -0.05) is 331 Å². The molecule has 0 atom stereocenters. The first kappa shape index (κ1) is 55.2. The van der Waals surface area contributed by atoms with Crippen LogP contribution < -0.4 is 26.2 Å². The van der Waals surface area contributed by atoms with Crippen molar-refractivity contribution < 1.29 is 34.6 Å². The number of anilines is 6. The van der Waals surface area contributed by atoms with Crippen molar-refractivity contribution in [2.45, 2.75) is 157 Å². The predicted molar refractivity (Wildman–Crippen MR) is 516 cm³/mol. The van der Waals surface area contributed by atoms with Crippen molar-refractivity contribution in [3.05, 3.63) is 342 Å². The zero-order chi connectivity index (χ0) is 102. The number of aromatic nitrogens is 2. The Morgan fingerprint density at radius 1 is 0.267 bits per heavy atom. The molecule has 0 saturated heterocycles. The van der Waals surface area contributed by atoms with E-state index in [1.54, 1.807) is 0 Å². The van der Waals surface area contributed by atoms with Crippen LogP contribution in [0, 0.1) is 0 Å². The molecule has 0 N–H and O–H groups in total. The summed E-state index contributed by atoms with van der Waals surface area (Å²) in [6.07, 6.45) is 0. The summed E-state index contributed by atoms with van der Waals surface area (Å²) in [5, 5.41) is 0.0273. The number of hydrogen-bond acceptors (Lipinski definition) is 3. The van der Waals surface area contributed by atoms with E-state index in [1.807, 2.05) is 113 Å². The molecule has 20 rings (SSSR count). The van der Waals surface area contributed by atoms with Crippen LogP contribution >= 0.6 is 0 Å². The van der Waals surface area contributed by atoms with E-state index in [9.17, 15) is 30.2 Å². The van der Waals surface area contributed by atoms with Gasteiger partial charge in [-0.15, -0.1) is 0 Å². The molecule has 0 aliphatic carbocycles. The minimum absolute atomic E-state index is 0.180. The third-order valence-corrected chi connectivity index (χ3v) is 24.3. The lowest BCUT2D eigenvalue weighted by atomic mass is 9.33. The molecule has 0 saturated carbocycles. The Labute approximate surface area is 739 Å². The van der Waals surface area contributed by atoms with Crippen LogP contribution in [0.15, 0.2) is 313 Å². The van der Waals surface area contributed by atoms with Gasteiger partial charge in [-0.05, 0) is 219 Å². The summed E-state index contributed by atoms with van der Waals surface area (Å²) in [6.45, 7) is 36.5. The fourth-order valence-electron chi connectivity index (χ4n) is 17.7. The average Bonchev–Trinajstić information content (AvgIpc) is 1.57. The summed E-state index contributed by atoms with van der Waals surface area (Å²) in [6, 6.07) is 43.0. The second-order valence-corrected chi connectivity index (χ2v) is 38.5. The van der Waals surface area contributed by atoms with Gasteiger partial charge in [0.1, 0.15) is 11.2 Å². The normalized spacial score (nSPS) is 15.9. The van der Waals surface area contributed by atoms with Crippen molar-refractivity contribution in [3.8, 4) is 67.0 Å². The first-order valence-corrected chi connectivity index (χ1v) is 41.3. The van der Waals surface area contributed by atoms with Gasteiger partial charge in [0.15, 0.2) is 0 Å². The van der Waals surface area contributed by atoms with E-state index in [1.165, 1.54) is 0 Å². The number of rotatable bonds is 9. The number of para-hydroxylation sites is 5. The molecule has 6 heteroatoms. The van der Waals surface area contributed by atoms with Crippen LogP contribution in [0.25, 0.3) is 133 Å². The third-order valence-electron chi connectivity index (χ3n) is 24.3. The van der Waals surface area contributed by atoms with E-state index < -0.39 is 206 Å². The third kappa shape index (κ3) is 12.6. The van der Waals surface area contributed by atoms with Crippen LogP contribution in [0.3, 0.4) is 0 Å². The lowest BCUT2D eigenvalue weighted by Gasteiger charge is -2.46. The van der Waals surface area contributed by atoms with Gasteiger partial charge in [0.05, 0.1) is 63.6 Å². The summed E-state index contributed by atoms with van der Waals surface area (Å²) in [4.78, 5) is 3.89. The highest BCUT2D eigenvalue weighted by molar-refractivity contribution is 7.00. The summed E-state index contributed by atoms with van der Waals surface area (Å²) >= 11 is 0. The summed E-state index contributed by atoms with van der Waals surface area (Å²) in [7, 11) is 0. The number of benzene rings is 15. The molecule has 2 aliphatic heterocycles. The van der Waals surface area contributed by atoms with E-state index >= 15 is 0 Å². The van der Waals surface area contributed by atoms with Crippen molar-refractivity contribution >= 4 is 123 Å². The van der Waals surface area contributed by atoms with Crippen LogP contribution in [-0.2, 0) is 32.5 Å². The first-order valence-electron chi connectivity index (χ1n) is 52.3. The second-order valence-electron chi connectivity index (χ2n) is 38.5. The lowest BCUT2D eigenvalue weighted by molar-refractivity contribution is 0.589. The van der Waals surface area contributed by atoms with E-state index in [0.29, 0.717) is 83.6 Å². The highest BCUT2D eigenvalue weighted by Crippen LogP contribution is 2.57. The van der Waals surface area contributed by atoms with Crippen LogP contribution in [-0.4, -0.2) is 15.8 Å². The standard InChI is InChI=1S/C114H105BN4O/c1-109(2,3)76-37-29-33-71(57-76)89-64-80(113(13,14)15)65-90(72-34-30-38-77(58-72)110(4,5)6)107(89)118-100-68-82(116-96-46-24-19-41-84(96)85-42-20-25-47-97(85)116)52-54-94(100)115-95-55-53-83(117-98-48-26-21-43-86(98)87-44-22-27-49-99(87)117)69-101(95)119(103-63-75(62-102(118)106(103)115)70-51-56-105-93(61-70)88-45-23-28-50-104(88)120-105)108-91(73-35-31-39-78(59-73)111(7,8)9)66-81(114(16,17)18)67-92(108)74-36-32-40-79(60-74)112(10,11)12/h19-69H,1-18H3/i19D,20D,21D,22D,24D,25D,26D,27D,41D,42D,43D,44D,46D,47D,48D,49D,52D,53D,54D,55D,68D,69D. The number of nitrogens with zero attached hydrogens (tertiary/aromatic N) is 4. The minimum atomic E-state index is -1.75. The van der Waals surface area contributed by atoms with Gasteiger partial charge in [0.25, 0.3) is 6.71 Å². The van der Waals surface area contributed by atoms with E-state index in [4.69, 9.17) is 4.42 Å². The van der Waals surface area contributed by atoms with Crippen LogP contribution in [0.4, 0.5) is 34.1 Å². The van der Waals surface area contributed by atoms with Crippen molar-refractivity contribution in [3.63, 3.8) is 0 Å². The van der Waals surface area contributed by atoms with Gasteiger partial charge in [0, 0.05) is 88.7 Å². The molecule has 5 nitrogen and oxygen atoms in total. The van der Waals surface area contributed by atoms with Crippen LogP contribution in [0.1, 0.15) is 188 Å². The Bertz CT molecular complexity index is 7910. The largest absolute Gasteiger partial charge is 0.456 e. The van der Waals surface area contributed by atoms with E-state index in [-0.39, 0.29) is 60.7 Å². The van der Waals surface area contributed by atoms with Gasteiger partial charge < -0.3 is 23.4 Å². The van der Waals surface area contributed by atoms with Gasteiger partial charge in [-0.25, -0.2) is 0 Å². The van der Waals surface area contributed by atoms with Gasteiger partial charge >= 0.3 is 0 Å². The Morgan fingerprint density at radius 3 is 0.950 bits per heavy atom. The van der Waals surface area contributed by atoms with Crippen molar-refractivity contribution in [1.82, 2.24) is 9.13 Å². The summed E-state index contributed by atoms with van der Waals surface area (Å²) < 4.78 is 235. The molecular weight excluding hydrogens is 1450 g/mol. The Hall–Kier alpha value is -12.6. The molecular formula is C114H105BN4O. The number of furan rings is 1. The summed E-state index contributed by atoms with van der Waals surface area (Å²) in [5.74, 6) is 0. The highest BCUT2D eigenvalue weighted by Gasteiger charge is 2.47. The zero-order valence-corrected chi connectivity index (χ0v) is 71.0. The molecule has 0 unspecified atom stereocenters. The molecule has 0 fully saturated rings. The fourth-order valence-corrected chi connectivity index (χ4v) is 17.7. The maximum absolute atomic E-state index is 12.2. The first-order chi connectivity index (χ1) is 66.5. The van der Waals surface area contributed by atoms with Crippen LogP contribution in [0.2, 0.25) is 0 Å². The fraction of sp³-hybridized carbons (Fsp3) is 0.211. The van der Waals surface area contributed by atoms with Crippen LogP contribution in [0.5, 0.6) is 0 Å². The molecule has 5 heterocycles. The highest BCUT2D eigenvalue weighted by atomic mass is 16.3. The molecule has 120 heavy (non-hydrogen) atoms. The SMILES string of the molecule is [2H]c1c([2H])c(-n2c3c([2H])c([2H])c([2H])c([2H])c3c3c([2H])c([2H])c([2H])c([2H])c32)c([2H])c2c1B1c3c(cc(-c4ccc5oc6ccccc6c5c4)cc3N(c3c(-c4cccc(C(C)(C)C)c4)cc(C(C)(C)C)cc3-c3cccc(C(C)(C)C)c3)c3c([2H])c(-n4c5c([2H])c([2H])c([2H])c([2H])c5c5c([2H])c([2H])c([2H])c([2H])c54)c([2H])c([2H])c31)N2c1c(-c2cccc(C(C)(C)C)c2)cc(C(C)(C)C)cc1-c1cccc(C(C)(C)C)c1. The molecule has 0 radical (unpaired) electrons. The molecule has 3 aromatic heterocycles. The predicted octanol–water partition coefficient (Wildman–Crippen LogP) is 30.0. The summed E-state index contributed by atoms with van der Waals surface area (Å²) in [5.41, 5.74) is 7.29. The maximum Gasteiger partial charge on any atom is 0.252 e. The number of hydrogen-bond donors (Lipinski definition) is 0. The van der Waals surface area contributed by atoms with Gasteiger partial charge in [0.2, 0.25) is 0 Å². The lowest BCUT2D eigenvalue weighted by Crippen LogP contribution is -2.61. The van der Waals surface area contributed by atoms with Crippen molar-refractivity contribution in [2.24, 2.45) is 0 Å². The Kier molecular flexibility index (Phi) is 12.6. The smallest absolute Gasteiger partial charge is 0.252 e. The molecule has 0 bridgehead atoms. The molecule has 590 valence electrons. The molecule has 18 aromatic rings. The van der Waals surface area contributed by atoms with E-state index in [0.717, 1.165) is 47.9 Å². The minimum Gasteiger partial charge on any atom is -0.456 e. The monoisotopic (exact) mass is 1580 g/mol. The topological polar surface area (TPSA) is 29.5 Å². The van der Waals surface area contributed by atoms with Crippen molar-refractivity contribution in [1.29, 1.82) is 0 Å². The molecule has 0 spiro atoms. The molecule has 2 aliphatic rings. The quantitative estimate of drug-likeness (QED) is 0.135. The average molecular weight is 1580 g/mol. The maximum atomic E-state index is 12.2. The zero-order valence-electron chi connectivity index (χ0n) is 93.0. The Morgan fingerprint density at radius 2 is 0.600 bits per heavy atom. The second kappa shape index (κ2) is 27.5. The molecule has 15 aromatic carbocycles.